The molecule has 0 atom stereocenters. The summed E-state index contributed by atoms with van der Waals surface area (Å²) in [5.74, 6) is 0.248. The molecule has 0 N–H and O–H groups in total. The monoisotopic (exact) mass is 233 g/mol. The van der Waals surface area contributed by atoms with Crippen molar-refractivity contribution < 1.29 is 9.53 Å². The Morgan fingerprint density at radius 2 is 2.06 bits per heavy atom. The van der Waals surface area contributed by atoms with Gasteiger partial charge in [0.25, 0.3) is 0 Å². The molecule has 0 amide bonds. The van der Waals surface area contributed by atoms with E-state index in [4.69, 9.17) is 10.3 Å². The highest BCUT2D eigenvalue weighted by Crippen LogP contribution is 2.18. The molecule has 0 saturated carbocycles. The van der Waals surface area contributed by atoms with Gasteiger partial charge in [-0.1, -0.05) is 24.9 Å². The van der Waals surface area contributed by atoms with E-state index in [0.29, 0.717) is 17.9 Å². The van der Waals surface area contributed by atoms with Crippen LogP contribution in [-0.2, 0) is 4.79 Å². The van der Waals surface area contributed by atoms with E-state index in [2.05, 4.69) is 16.9 Å². The maximum Gasteiger partial charge on any atom is 0.311 e. The number of esters is 1. The van der Waals surface area contributed by atoms with Crippen LogP contribution in [0.3, 0.4) is 0 Å². The summed E-state index contributed by atoms with van der Waals surface area (Å²) in [5, 5.41) is 3.43. The first kappa shape index (κ1) is 13.1. The normalized spacial score (nSPS) is 9.47. The van der Waals surface area contributed by atoms with Crippen molar-refractivity contribution in [2.75, 3.05) is 0 Å². The van der Waals surface area contributed by atoms with Crippen LogP contribution < -0.4 is 4.74 Å². The molecule has 0 unspecified atom stereocenters. The van der Waals surface area contributed by atoms with Gasteiger partial charge in [-0.05, 0) is 36.2 Å². The molecule has 1 aromatic carbocycles. The van der Waals surface area contributed by atoms with Crippen molar-refractivity contribution in [2.45, 2.75) is 32.6 Å². The van der Waals surface area contributed by atoms with Crippen LogP contribution in [0.15, 0.2) is 29.4 Å². The molecule has 0 aromatic heterocycles. The summed E-state index contributed by atoms with van der Waals surface area (Å²) in [6.45, 7) is 2.08. The molecule has 0 saturated heterocycles. The first-order valence-corrected chi connectivity index (χ1v) is 5.62. The predicted molar refractivity (Wildman–Crippen MR) is 65.0 cm³/mol. The van der Waals surface area contributed by atoms with Gasteiger partial charge in [-0.2, -0.15) is 0 Å². The van der Waals surface area contributed by atoms with Gasteiger partial charge in [-0.15, -0.1) is 0 Å². The molecule has 0 spiro atoms. The standard InChI is InChI=1S/C12H15N3O2/c1-2-3-4-5-12(16)17-11-8-6-10(7-9-11)14-15-13/h6-9H,2-5H2,1H3. The van der Waals surface area contributed by atoms with Gasteiger partial charge in [-0.25, -0.2) is 0 Å². The summed E-state index contributed by atoms with van der Waals surface area (Å²) in [7, 11) is 0. The van der Waals surface area contributed by atoms with Crippen LogP contribution in [0.5, 0.6) is 5.75 Å². The van der Waals surface area contributed by atoms with Gasteiger partial charge in [0, 0.05) is 17.0 Å². The van der Waals surface area contributed by atoms with Crippen LogP contribution in [-0.4, -0.2) is 5.97 Å². The molecule has 5 nitrogen and oxygen atoms in total. The number of ether oxygens (including phenoxy) is 1. The lowest BCUT2D eigenvalue weighted by Crippen LogP contribution is -2.07. The molecular weight excluding hydrogens is 218 g/mol. The van der Waals surface area contributed by atoms with Crippen LogP contribution >= 0.6 is 0 Å². The van der Waals surface area contributed by atoms with Crippen LogP contribution in [0.25, 0.3) is 10.4 Å². The van der Waals surface area contributed by atoms with Gasteiger partial charge >= 0.3 is 5.97 Å². The largest absolute Gasteiger partial charge is 0.427 e. The van der Waals surface area contributed by atoms with Crippen molar-refractivity contribution in [3.8, 4) is 5.75 Å². The number of carbonyl (C=O) groups is 1. The first-order valence-electron chi connectivity index (χ1n) is 5.62. The number of rotatable bonds is 6. The number of benzene rings is 1. The van der Waals surface area contributed by atoms with E-state index in [-0.39, 0.29) is 5.97 Å². The quantitative estimate of drug-likeness (QED) is 0.185. The van der Waals surface area contributed by atoms with E-state index in [1.165, 1.54) is 0 Å². The molecule has 0 aliphatic heterocycles. The lowest BCUT2D eigenvalue weighted by atomic mass is 10.2. The second-order valence-electron chi connectivity index (χ2n) is 3.61. The van der Waals surface area contributed by atoms with Crippen LogP contribution in [0, 0.1) is 0 Å². The highest BCUT2D eigenvalue weighted by Gasteiger charge is 2.03. The maximum atomic E-state index is 11.4. The Kier molecular flexibility index (Phi) is 5.61. The zero-order valence-electron chi connectivity index (χ0n) is 9.80. The van der Waals surface area contributed by atoms with Crippen LogP contribution in [0.2, 0.25) is 0 Å². The van der Waals surface area contributed by atoms with E-state index in [9.17, 15) is 4.79 Å². The Bertz CT molecular complexity index is 408. The van der Waals surface area contributed by atoms with Gasteiger partial charge in [0.15, 0.2) is 0 Å². The molecule has 0 fully saturated rings. The molecular formula is C12H15N3O2. The zero-order valence-corrected chi connectivity index (χ0v) is 9.80. The summed E-state index contributed by atoms with van der Waals surface area (Å²) < 4.78 is 5.12. The third-order valence-electron chi connectivity index (χ3n) is 2.21. The van der Waals surface area contributed by atoms with Crippen molar-refractivity contribution in [1.82, 2.24) is 0 Å². The topological polar surface area (TPSA) is 75.1 Å². The van der Waals surface area contributed by atoms with Crippen LogP contribution in [0.4, 0.5) is 5.69 Å². The Hall–Kier alpha value is -2.00. The average Bonchev–Trinajstić information content (AvgIpc) is 2.32. The summed E-state index contributed by atoms with van der Waals surface area (Å²) in [6, 6.07) is 6.44. The minimum Gasteiger partial charge on any atom is -0.427 e. The van der Waals surface area contributed by atoms with Crippen molar-refractivity contribution in [1.29, 1.82) is 0 Å². The Morgan fingerprint density at radius 3 is 2.65 bits per heavy atom. The molecule has 5 heteroatoms. The summed E-state index contributed by atoms with van der Waals surface area (Å²) in [5.41, 5.74) is 8.73. The van der Waals surface area contributed by atoms with E-state index >= 15 is 0 Å². The number of nitrogens with zero attached hydrogens (tertiary/aromatic N) is 3. The molecule has 0 bridgehead atoms. The van der Waals surface area contributed by atoms with Gasteiger partial charge < -0.3 is 4.74 Å². The highest BCUT2D eigenvalue weighted by atomic mass is 16.5. The molecule has 17 heavy (non-hydrogen) atoms. The Balaban J connectivity index is 2.45. The summed E-state index contributed by atoms with van der Waals surface area (Å²) in [4.78, 5) is 14.1. The molecule has 0 radical (unpaired) electrons. The fraction of sp³-hybridized carbons (Fsp3) is 0.417. The fourth-order valence-corrected chi connectivity index (χ4v) is 1.33. The smallest absolute Gasteiger partial charge is 0.311 e. The lowest BCUT2D eigenvalue weighted by molar-refractivity contribution is -0.134. The molecule has 1 rings (SSSR count). The van der Waals surface area contributed by atoms with Crippen LogP contribution in [0.1, 0.15) is 32.6 Å². The van der Waals surface area contributed by atoms with E-state index in [1.54, 1.807) is 24.3 Å². The summed E-state index contributed by atoms with van der Waals surface area (Å²) in [6.07, 6.45) is 3.40. The lowest BCUT2D eigenvalue weighted by Gasteiger charge is -2.03. The fourth-order valence-electron chi connectivity index (χ4n) is 1.33. The highest BCUT2D eigenvalue weighted by molar-refractivity contribution is 5.72. The van der Waals surface area contributed by atoms with Crippen molar-refractivity contribution >= 4 is 11.7 Å². The number of hydrogen-bond acceptors (Lipinski definition) is 3. The molecule has 1 aromatic rings. The summed E-state index contributed by atoms with van der Waals surface area (Å²) >= 11 is 0. The van der Waals surface area contributed by atoms with E-state index < -0.39 is 0 Å². The maximum absolute atomic E-state index is 11.4. The zero-order chi connectivity index (χ0) is 12.5. The third-order valence-corrected chi connectivity index (χ3v) is 2.21. The van der Waals surface area contributed by atoms with Gasteiger partial charge in [0.05, 0.1) is 0 Å². The molecule has 0 aliphatic rings. The minimum absolute atomic E-state index is 0.227. The number of unbranched alkanes of at least 4 members (excludes halogenated alkanes) is 2. The Labute approximate surface area is 100 Å². The SMILES string of the molecule is CCCCCC(=O)Oc1ccc(N=[N+]=[N-])cc1. The van der Waals surface area contributed by atoms with E-state index in [0.717, 1.165) is 19.3 Å². The number of carbonyl (C=O) groups excluding carboxylic acids is 1. The third kappa shape index (κ3) is 5.04. The second kappa shape index (κ2) is 7.30. The van der Waals surface area contributed by atoms with E-state index in [1.807, 2.05) is 0 Å². The average molecular weight is 233 g/mol. The molecule has 0 heterocycles. The van der Waals surface area contributed by atoms with Gasteiger partial charge in [-0.3, -0.25) is 4.79 Å². The van der Waals surface area contributed by atoms with Crippen molar-refractivity contribution in [3.63, 3.8) is 0 Å². The molecule has 90 valence electrons. The number of azide groups is 1. The Morgan fingerprint density at radius 1 is 1.35 bits per heavy atom. The van der Waals surface area contributed by atoms with Crippen molar-refractivity contribution in [2.24, 2.45) is 5.11 Å². The predicted octanol–water partition coefficient (Wildman–Crippen LogP) is 4.11. The second-order valence-corrected chi connectivity index (χ2v) is 3.61. The van der Waals surface area contributed by atoms with Gasteiger partial charge in [0.2, 0.25) is 0 Å². The van der Waals surface area contributed by atoms with Crippen molar-refractivity contribution in [3.05, 3.63) is 34.7 Å². The minimum atomic E-state index is -0.227. The number of hydrogen-bond donors (Lipinski definition) is 0. The van der Waals surface area contributed by atoms with Gasteiger partial charge in [0.1, 0.15) is 5.75 Å². The first-order chi connectivity index (χ1) is 8.26. The molecule has 0 aliphatic carbocycles.